The highest BCUT2D eigenvalue weighted by molar-refractivity contribution is 6.09. The number of anilines is 4. The number of benzene rings is 7. The van der Waals surface area contributed by atoms with E-state index < -0.39 is 6.85 Å². The largest absolute Gasteiger partial charge is 0.457 e. The molecule has 0 aliphatic carbocycles. The van der Waals surface area contributed by atoms with Crippen molar-refractivity contribution in [3.8, 4) is 17.3 Å². The third-order valence-electron chi connectivity index (χ3n) is 12.4. The van der Waals surface area contributed by atoms with Crippen molar-refractivity contribution in [1.29, 1.82) is 0 Å². The maximum absolute atomic E-state index is 8.05. The lowest BCUT2D eigenvalue weighted by molar-refractivity contribution is 0.483. The van der Waals surface area contributed by atoms with Crippen molar-refractivity contribution in [3.05, 3.63) is 216 Å². The number of para-hydroxylation sites is 3. The molecule has 0 unspecified atom stereocenters. The van der Waals surface area contributed by atoms with Gasteiger partial charge in [-0.2, -0.15) is 0 Å². The van der Waals surface area contributed by atoms with E-state index in [1.54, 1.807) is 18.3 Å². The van der Waals surface area contributed by atoms with E-state index in [2.05, 4.69) is 170 Å². The van der Waals surface area contributed by atoms with E-state index in [4.69, 9.17) is 8.85 Å². The Morgan fingerprint density at radius 1 is 0.500 bits per heavy atom. The Morgan fingerprint density at radius 3 is 1.78 bits per heavy atom. The molecule has 0 saturated heterocycles. The zero-order chi connectivity index (χ0) is 43.5. The summed E-state index contributed by atoms with van der Waals surface area (Å²) in [7, 11) is 0. The number of aryl methyl sites for hydroxylation is 1. The molecule has 1 aliphatic rings. The Hall–Kier alpha value is -7.11. The number of ether oxygens (including phenoxy) is 1. The fourth-order valence-corrected chi connectivity index (χ4v) is 8.84. The van der Waals surface area contributed by atoms with Gasteiger partial charge in [0.25, 0.3) is 0 Å². The van der Waals surface area contributed by atoms with Crippen LogP contribution in [0, 0.1) is 6.85 Å². The molecule has 1 aliphatic heterocycles. The van der Waals surface area contributed by atoms with Crippen LogP contribution in [0.2, 0.25) is 0 Å². The molecule has 294 valence electrons. The van der Waals surface area contributed by atoms with Crippen LogP contribution in [0.3, 0.4) is 0 Å². The van der Waals surface area contributed by atoms with Gasteiger partial charge in [0.2, 0.25) is 0 Å². The van der Waals surface area contributed by atoms with E-state index >= 15 is 0 Å². The molecule has 0 fully saturated rings. The SMILES string of the molecule is [2H]C([2H])([2H])c1ccnc(-n2c3ccccc3c3ccc(Oc4cccc(N5CN(c6cc(C(C)(C)c7ccccc7)cc(C(C)(C)c7ccccc7)c6)c6ccccc65)c4)cc32)c1. The van der Waals surface area contributed by atoms with Gasteiger partial charge in [0.1, 0.15) is 24.0 Å². The number of nitrogens with zero attached hydrogens (tertiary/aromatic N) is 4. The summed E-state index contributed by atoms with van der Waals surface area (Å²) in [6.07, 6.45) is 1.56. The van der Waals surface area contributed by atoms with Crippen molar-refractivity contribution >= 4 is 44.6 Å². The summed E-state index contributed by atoms with van der Waals surface area (Å²) in [5.74, 6) is 1.90. The number of pyridine rings is 1. The van der Waals surface area contributed by atoms with Crippen molar-refractivity contribution in [2.45, 2.75) is 45.4 Å². The van der Waals surface area contributed by atoms with Crippen LogP contribution >= 0.6 is 0 Å². The van der Waals surface area contributed by atoms with E-state index in [0.717, 1.165) is 44.6 Å². The van der Waals surface area contributed by atoms with Crippen LogP contribution in [0.1, 0.15) is 59.6 Å². The highest BCUT2D eigenvalue weighted by Gasteiger charge is 2.33. The predicted octanol–water partition coefficient (Wildman–Crippen LogP) is 14.2. The predicted molar refractivity (Wildman–Crippen MR) is 249 cm³/mol. The van der Waals surface area contributed by atoms with E-state index in [1.807, 2.05) is 47.0 Å². The molecular formula is C55H48N4O. The molecular weight excluding hydrogens is 733 g/mol. The molecule has 0 radical (unpaired) electrons. The average molecular weight is 784 g/mol. The first-order chi connectivity index (χ1) is 30.4. The van der Waals surface area contributed by atoms with Crippen molar-refractivity contribution in [2.75, 3.05) is 16.5 Å². The molecule has 7 aromatic carbocycles. The maximum atomic E-state index is 8.05. The van der Waals surface area contributed by atoms with Gasteiger partial charge in [0.15, 0.2) is 0 Å². The average Bonchev–Trinajstić information content (AvgIpc) is 3.85. The van der Waals surface area contributed by atoms with Gasteiger partial charge in [-0.25, -0.2) is 4.98 Å². The number of hydrogen-bond acceptors (Lipinski definition) is 4. The second-order valence-electron chi connectivity index (χ2n) is 16.8. The first kappa shape index (κ1) is 33.8. The van der Waals surface area contributed by atoms with Crippen molar-refractivity contribution in [2.24, 2.45) is 0 Å². The minimum Gasteiger partial charge on any atom is -0.457 e. The molecule has 60 heavy (non-hydrogen) atoms. The van der Waals surface area contributed by atoms with E-state index in [9.17, 15) is 0 Å². The topological polar surface area (TPSA) is 33.5 Å². The standard InChI is InChI=1S/C55H48N4O/c1-38-29-30-56-53(31-38)59-49-24-13-12-23-47(49)48-28-27-46(36-52(48)59)60-45-22-16-21-43(35-45)57-37-58(51-26-15-14-25-50(51)57)44-33-41(54(2,3)39-17-8-6-9-18-39)32-42(34-44)55(4,5)40-19-10-7-11-20-40/h6-36H,37H2,1-5H3/i1D3. The lowest BCUT2D eigenvalue weighted by Gasteiger charge is -2.33. The Kier molecular flexibility index (Phi) is 8.24. The molecule has 9 aromatic rings. The summed E-state index contributed by atoms with van der Waals surface area (Å²) in [6, 6.07) is 63.0. The molecule has 0 bridgehead atoms. The third kappa shape index (κ3) is 6.47. The van der Waals surface area contributed by atoms with Crippen molar-refractivity contribution in [3.63, 3.8) is 0 Å². The third-order valence-corrected chi connectivity index (χ3v) is 12.4. The lowest BCUT2D eigenvalue weighted by atomic mass is 9.73. The van der Waals surface area contributed by atoms with Crippen LogP contribution in [0.4, 0.5) is 22.7 Å². The first-order valence-corrected chi connectivity index (χ1v) is 20.6. The minimum atomic E-state index is -2.26. The first-order valence-electron chi connectivity index (χ1n) is 22.1. The van der Waals surface area contributed by atoms with Gasteiger partial charge in [-0.3, -0.25) is 4.57 Å². The molecule has 0 N–H and O–H groups in total. The van der Waals surface area contributed by atoms with Crippen LogP contribution in [-0.4, -0.2) is 16.2 Å². The summed E-state index contributed by atoms with van der Waals surface area (Å²) < 4.78 is 32.8. The molecule has 5 heteroatoms. The highest BCUT2D eigenvalue weighted by atomic mass is 16.5. The van der Waals surface area contributed by atoms with Crippen LogP contribution < -0.4 is 14.5 Å². The van der Waals surface area contributed by atoms with Gasteiger partial charge in [0.05, 0.1) is 22.4 Å². The zero-order valence-corrected chi connectivity index (χ0v) is 34.3. The summed E-state index contributed by atoms with van der Waals surface area (Å²) in [4.78, 5) is 9.42. The van der Waals surface area contributed by atoms with Gasteiger partial charge in [-0.1, -0.05) is 131 Å². The minimum absolute atomic E-state index is 0.241. The van der Waals surface area contributed by atoms with Crippen LogP contribution in [0.25, 0.3) is 27.6 Å². The second kappa shape index (κ2) is 14.6. The van der Waals surface area contributed by atoms with Crippen LogP contribution in [0.5, 0.6) is 11.5 Å². The number of aromatic nitrogens is 2. The number of hydrogen-bond donors (Lipinski definition) is 0. The molecule has 3 heterocycles. The van der Waals surface area contributed by atoms with E-state index in [1.165, 1.54) is 22.3 Å². The van der Waals surface area contributed by atoms with E-state index in [0.29, 0.717) is 24.0 Å². The van der Waals surface area contributed by atoms with Crippen LogP contribution in [-0.2, 0) is 10.8 Å². The van der Waals surface area contributed by atoms with Gasteiger partial charge in [-0.15, -0.1) is 0 Å². The van der Waals surface area contributed by atoms with Gasteiger partial charge in [0, 0.05) is 55.4 Å². The van der Waals surface area contributed by atoms with Crippen LogP contribution in [0.15, 0.2) is 188 Å². The van der Waals surface area contributed by atoms with Gasteiger partial charge < -0.3 is 14.5 Å². The molecule has 10 rings (SSSR count). The molecule has 0 saturated carbocycles. The van der Waals surface area contributed by atoms with Gasteiger partial charge in [-0.05, 0) is 101 Å². The summed E-state index contributed by atoms with van der Waals surface area (Å²) >= 11 is 0. The van der Waals surface area contributed by atoms with Crippen molar-refractivity contribution < 1.29 is 8.85 Å². The molecule has 0 amide bonds. The fraction of sp³-hybridized carbons (Fsp3) is 0.145. The van der Waals surface area contributed by atoms with E-state index in [-0.39, 0.29) is 16.4 Å². The lowest BCUT2D eigenvalue weighted by Crippen LogP contribution is -2.27. The highest BCUT2D eigenvalue weighted by Crippen LogP contribution is 2.47. The van der Waals surface area contributed by atoms with Gasteiger partial charge >= 0.3 is 0 Å². The quantitative estimate of drug-likeness (QED) is 0.146. The smallest absolute Gasteiger partial charge is 0.137 e. The fourth-order valence-electron chi connectivity index (χ4n) is 8.84. The number of rotatable bonds is 9. The Morgan fingerprint density at radius 2 is 1.10 bits per heavy atom. The second-order valence-corrected chi connectivity index (χ2v) is 16.8. The Balaban J connectivity index is 1.02. The molecule has 5 nitrogen and oxygen atoms in total. The molecule has 2 aromatic heterocycles. The summed E-state index contributed by atoms with van der Waals surface area (Å²) in [5.41, 5.74) is 11.0. The monoisotopic (exact) mass is 783 g/mol. The number of fused-ring (bicyclic) bond motifs is 4. The van der Waals surface area contributed by atoms with Crippen molar-refractivity contribution in [1.82, 2.24) is 9.55 Å². The summed E-state index contributed by atoms with van der Waals surface area (Å²) in [6.45, 7) is 7.64. The summed E-state index contributed by atoms with van der Waals surface area (Å²) in [5, 5.41) is 2.07. The Bertz CT molecular complexity index is 3070. The zero-order valence-electron chi connectivity index (χ0n) is 37.3. The normalized spacial score (nSPS) is 13.9. The molecule has 0 atom stereocenters. The molecule has 0 spiro atoms. The Labute approximate surface area is 357 Å². The maximum Gasteiger partial charge on any atom is 0.137 e.